The SMILES string of the molecule is CC(O)(c1ccc(Nc2nn(C3CCCC3)c3cc[nH]c(=O)c23)cc1)C(F)(F)F. The lowest BCUT2D eigenvalue weighted by atomic mass is 9.95. The van der Waals surface area contributed by atoms with Gasteiger partial charge in [-0.15, -0.1) is 0 Å². The van der Waals surface area contributed by atoms with Gasteiger partial charge in [0.2, 0.25) is 0 Å². The van der Waals surface area contributed by atoms with Gasteiger partial charge in [0.1, 0.15) is 5.39 Å². The van der Waals surface area contributed by atoms with Crippen LogP contribution in [0.2, 0.25) is 0 Å². The third kappa shape index (κ3) is 3.39. The fourth-order valence-electron chi connectivity index (χ4n) is 3.79. The molecule has 4 rings (SSSR count). The number of aromatic amines is 1. The molecule has 154 valence electrons. The number of hydrogen-bond acceptors (Lipinski definition) is 4. The van der Waals surface area contributed by atoms with E-state index in [1.807, 2.05) is 4.68 Å². The molecule has 0 aliphatic heterocycles. The second-order valence-corrected chi connectivity index (χ2v) is 7.57. The van der Waals surface area contributed by atoms with E-state index >= 15 is 0 Å². The summed E-state index contributed by atoms with van der Waals surface area (Å²) in [6, 6.07) is 7.28. The maximum Gasteiger partial charge on any atom is 0.421 e. The summed E-state index contributed by atoms with van der Waals surface area (Å²) in [6.45, 7) is 0.714. The molecule has 0 bridgehead atoms. The first-order valence-corrected chi connectivity index (χ1v) is 9.45. The number of hydrogen-bond donors (Lipinski definition) is 3. The number of aliphatic hydroxyl groups is 1. The second-order valence-electron chi connectivity index (χ2n) is 7.57. The highest BCUT2D eigenvalue weighted by atomic mass is 19.4. The van der Waals surface area contributed by atoms with Crippen molar-refractivity contribution in [1.29, 1.82) is 0 Å². The summed E-state index contributed by atoms with van der Waals surface area (Å²) < 4.78 is 40.9. The number of rotatable bonds is 4. The van der Waals surface area contributed by atoms with Crippen molar-refractivity contribution in [2.45, 2.75) is 50.4 Å². The highest BCUT2D eigenvalue weighted by Crippen LogP contribution is 2.39. The molecule has 29 heavy (non-hydrogen) atoms. The van der Waals surface area contributed by atoms with Gasteiger partial charge in [-0.3, -0.25) is 9.48 Å². The zero-order chi connectivity index (χ0) is 20.8. The lowest BCUT2D eigenvalue weighted by molar-refractivity contribution is -0.258. The van der Waals surface area contributed by atoms with Crippen molar-refractivity contribution in [1.82, 2.24) is 14.8 Å². The number of pyridine rings is 1. The molecular formula is C20H21F3N4O2. The third-order valence-electron chi connectivity index (χ3n) is 5.56. The standard InChI is InChI=1S/C20H21F3N4O2/c1-19(29,20(21,22)23)12-6-8-13(9-7-12)25-17-16-15(10-11-24-18(16)28)27(26-17)14-4-2-3-5-14/h6-11,14,29H,2-5H2,1H3,(H,24,28)(H,25,26). The first-order chi connectivity index (χ1) is 13.7. The molecule has 1 fully saturated rings. The largest absolute Gasteiger partial charge is 0.421 e. The number of nitrogens with one attached hydrogen (secondary N) is 2. The minimum atomic E-state index is -4.79. The van der Waals surface area contributed by atoms with Crippen LogP contribution in [0, 0.1) is 0 Å². The molecule has 0 radical (unpaired) electrons. The van der Waals surface area contributed by atoms with E-state index < -0.39 is 11.8 Å². The molecule has 1 aromatic carbocycles. The first-order valence-electron chi connectivity index (χ1n) is 9.45. The van der Waals surface area contributed by atoms with Gasteiger partial charge in [-0.05, 0) is 43.5 Å². The van der Waals surface area contributed by atoms with Crippen molar-refractivity contribution < 1.29 is 18.3 Å². The fraction of sp³-hybridized carbons (Fsp3) is 0.400. The predicted octanol–water partition coefficient (Wildman–Crippen LogP) is 4.35. The fourth-order valence-corrected chi connectivity index (χ4v) is 3.79. The minimum Gasteiger partial charge on any atom is -0.376 e. The van der Waals surface area contributed by atoms with Crippen LogP contribution in [0.15, 0.2) is 41.3 Å². The number of benzene rings is 1. The van der Waals surface area contributed by atoms with Crippen LogP contribution in [0.5, 0.6) is 0 Å². The van der Waals surface area contributed by atoms with Crippen LogP contribution in [0.3, 0.4) is 0 Å². The van der Waals surface area contributed by atoms with Gasteiger partial charge in [-0.1, -0.05) is 25.0 Å². The molecule has 1 unspecified atom stereocenters. The van der Waals surface area contributed by atoms with Crippen molar-refractivity contribution in [2.75, 3.05) is 5.32 Å². The zero-order valence-electron chi connectivity index (χ0n) is 15.8. The van der Waals surface area contributed by atoms with Gasteiger partial charge in [-0.25, -0.2) is 0 Å². The summed E-state index contributed by atoms with van der Waals surface area (Å²) in [6.07, 6.45) is 0.993. The van der Waals surface area contributed by atoms with Crippen LogP contribution in [-0.2, 0) is 5.60 Å². The number of alkyl halides is 3. The average Bonchev–Trinajstić information content (AvgIpc) is 3.30. The van der Waals surface area contributed by atoms with Gasteiger partial charge in [0, 0.05) is 11.9 Å². The molecule has 0 amide bonds. The van der Waals surface area contributed by atoms with E-state index in [9.17, 15) is 23.1 Å². The number of nitrogens with zero attached hydrogens (tertiary/aromatic N) is 2. The first kappa shape index (κ1) is 19.5. The van der Waals surface area contributed by atoms with Crippen LogP contribution in [0.25, 0.3) is 10.9 Å². The van der Waals surface area contributed by atoms with E-state index in [2.05, 4.69) is 15.4 Å². The molecular weight excluding hydrogens is 385 g/mol. The maximum absolute atomic E-state index is 13.0. The molecule has 2 aromatic heterocycles. The number of aromatic nitrogens is 3. The summed E-state index contributed by atoms with van der Waals surface area (Å²) >= 11 is 0. The summed E-state index contributed by atoms with van der Waals surface area (Å²) in [4.78, 5) is 15.1. The topological polar surface area (TPSA) is 82.9 Å². The van der Waals surface area contributed by atoms with E-state index in [1.165, 1.54) is 24.3 Å². The Morgan fingerprint density at radius 1 is 1.17 bits per heavy atom. The van der Waals surface area contributed by atoms with Gasteiger partial charge in [0.25, 0.3) is 5.56 Å². The number of H-pyrrole nitrogens is 1. The van der Waals surface area contributed by atoms with Crippen molar-refractivity contribution in [3.8, 4) is 0 Å². The van der Waals surface area contributed by atoms with Crippen LogP contribution < -0.4 is 10.9 Å². The van der Waals surface area contributed by atoms with Gasteiger partial charge >= 0.3 is 6.18 Å². The summed E-state index contributed by atoms with van der Waals surface area (Å²) in [7, 11) is 0. The van der Waals surface area contributed by atoms with Crippen molar-refractivity contribution in [2.24, 2.45) is 0 Å². The minimum absolute atomic E-state index is 0.221. The summed E-state index contributed by atoms with van der Waals surface area (Å²) in [5.74, 6) is 0.351. The second kappa shape index (κ2) is 6.91. The lowest BCUT2D eigenvalue weighted by Crippen LogP contribution is -2.39. The highest BCUT2D eigenvalue weighted by molar-refractivity contribution is 5.91. The Bertz CT molecular complexity index is 1080. The van der Waals surface area contributed by atoms with Gasteiger partial charge in [0.05, 0.1) is 11.6 Å². The van der Waals surface area contributed by atoms with Crippen LogP contribution in [0.4, 0.5) is 24.7 Å². The van der Waals surface area contributed by atoms with Crippen molar-refractivity contribution in [3.05, 3.63) is 52.4 Å². The number of anilines is 2. The molecule has 6 nitrogen and oxygen atoms in total. The number of fused-ring (bicyclic) bond motifs is 1. The van der Waals surface area contributed by atoms with Crippen LogP contribution in [-0.4, -0.2) is 26.0 Å². The molecule has 1 saturated carbocycles. The van der Waals surface area contributed by atoms with E-state index in [0.717, 1.165) is 31.2 Å². The molecule has 0 saturated heterocycles. The molecule has 0 spiro atoms. The van der Waals surface area contributed by atoms with E-state index in [4.69, 9.17) is 0 Å². The van der Waals surface area contributed by atoms with E-state index in [-0.39, 0.29) is 17.2 Å². The smallest absolute Gasteiger partial charge is 0.376 e. The molecule has 1 aliphatic carbocycles. The monoisotopic (exact) mass is 406 g/mol. The van der Waals surface area contributed by atoms with Gasteiger partial charge in [-0.2, -0.15) is 18.3 Å². The molecule has 1 atom stereocenters. The number of halogens is 3. The Labute approximate surface area is 164 Å². The molecule has 3 aromatic rings. The van der Waals surface area contributed by atoms with Crippen LogP contribution >= 0.6 is 0 Å². The van der Waals surface area contributed by atoms with E-state index in [1.54, 1.807) is 12.3 Å². The zero-order valence-corrected chi connectivity index (χ0v) is 15.8. The third-order valence-corrected chi connectivity index (χ3v) is 5.56. The normalized spacial score (nSPS) is 17.6. The Balaban J connectivity index is 1.69. The summed E-state index contributed by atoms with van der Waals surface area (Å²) in [5.41, 5.74) is -2.31. The molecule has 2 heterocycles. The average molecular weight is 406 g/mol. The maximum atomic E-state index is 13.0. The predicted molar refractivity (Wildman–Crippen MR) is 103 cm³/mol. The Kier molecular flexibility index (Phi) is 4.65. The molecule has 9 heteroatoms. The van der Waals surface area contributed by atoms with Crippen molar-refractivity contribution >= 4 is 22.4 Å². The Morgan fingerprint density at radius 3 is 2.45 bits per heavy atom. The quantitative estimate of drug-likeness (QED) is 0.602. The molecule has 1 aliphatic rings. The van der Waals surface area contributed by atoms with Gasteiger partial charge < -0.3 is 15.4 Å². The Morgan fingerprint density at radius 2 is 1.83 bits per heavy atom. The van der Waals surface area contributed by atoms with Crippen molar-refractivity contribution in [3.63, 3.8) is 0 Å². The highest BCUT2D eigenvalue weighted by Gasteiger charge is 2.51. The summed E-state index contributed by atoms with van der Waals surface area (Å²) in [5, 5.41) is 17.8. The van der Waals surface area contributed by atoms with Gasteiger partial charge in [0.15, 0.2) is 11.4 Å². The Hall–Kier alpha value is -2.81. The lowest BCUT2D eigenvalue weighted by Gasteiger charge is -2.26. The van der Waals surface area contributed by atoms with E-state index in [0.29, 0.717) is 23.8 Å². The molecule has 3 N–H and O–H groups in total. The van der Waals surface area contributed by atoms with Crippen LogP contribution in [0.1, 0.15) is 44.2 Å².